The normalized spacial score (nSPS) is 18.8. The van der Waals surface area contributed by atoms with E-state index in [1.165, 1.54) is 0 Å². The lowest BCUT2D eigenvalue weighted by molar-refractivity contribution is -0.0814. The van der Waals surface area contributed by atoms with Crippen LogP contribution in [-0.2, 0) is 16.2 Å². The van der Waals surface area contributed by atoms with Crippen LogP contribution in [0, 0.1) is 22.7 Å². The fourth-order valence-corrected chi connectivity index (χ4v) is 7.43. The zero-order valence-corrected chi connectivity index (χ0v) is 29.5. The topological polar surface area (TPSA) is 153 Å². The molecule has 0 atom stereocenters. The molecule has 3 aliphatic rings. The van der Waals surface area contributed by atoms with Crippen molar-refractivity contribution >= 4 is 33.2 Å². The Morgan fingerprint density at radius 1 is 0.900 bits per heavy atom. The van der Waals surface area contributed by atoms with Crippen molar-refractivity contribution in [2.75, 3.05) is 43.1 Å². The van der Waals surface area contributed by atoms with E-state index in [2.05, 4.69) is 58.7 Å². The van der Waals surface area contributed by atoms with Gasteiger partial charge in [0, 0.05) is 61.4 Å². The summed E-state index contributed by atoms with van der Waals surface area (Å²) in [7, 11) is 1.74. The number of nitrogens with zero attached hydrogens (tertiary/aromatic N) is 7. The minimum absolute atomic E-state index is 0.0339. The number of methoxy groups -OCH3 is 1. The Balaban J connectivity index is 1.18. The number of anilines is 2. The highest BCUT2D eigenvalue weighted by molar-refractivity contribution is 5.95. The van der Waals surface area contributed by atoms with Crippen LogP contribution in [0.25, 0.3) is 21.8 Å². The SMILES string of the molecule is COC1(C)CCN(c2c(C#N)c(=O)n(COC3(C)CCN(c4c(C#N)c(=O)[nH]c5cnc(C(C)C)cc45)CC3)c3cnc(C4CC4)cc23)CC1. The molecule has 0 amide bonds. The Morgan fingerprint density at radius 3 is 2.10 bits per heavy atom. The van der Waals surface area contributed by atoms with Gasteiger partial charge < -0.3 is 24.3 Å². The molecule has 3 fully saturated rings. The lowest BCUT2D eigenvalue weighted by atomic mass is 9.92. The Bertz CT molecular complexity index is 2170. The number of hydrogen-bond donors (Lipinski definition) is 1. The molecule has 4 aromatic heterocycles. The Morgan fingerprint density at radius 2 is 1.52 bits per heavy atom. The maximum atomic E-state index is 14.1. The van der Waals surface area contributed by atoms with E-state index in [0.29, 0.717) is 67.3 Å². The second-order valence-corrected chi connectivity index (χ2v) is 14.9. The first-order valence-electron chi connectivity index (χ1n) is 17.6. The summed E-state index contributed by atoms with van der Waals surface area (Å²) >= 11 is 0. The van der Waals surface area contributed by atoms with E-state index in [4.69, 9.17) is 14.5 Å². The van der Waals surface area contributed by atoms with E-state index in [1.807, 2.05) is 13.0 Å². The van der Waals surface area contributed by atoms with Gasteiger partial charge in [0.15, 0.2) is 0 Å². The highest BCUT2D eigenvalue weighted by atomic mass is 16.5. The average molecular weight is 677 g/mol. The van der Waals surface area contributed by atoms with Gasteiger partial charge >= 0.3 is 0 Å². The molecule has 7 rings (SSSR count). The van der Waals surface area contributed by atoms with Gasteiger partial charge in [-0.3, -0.25) is 24.1 Å². The van der Waals surface area contributed by atoms with Gasteiger partial charge in [0.25, 0.3) is 11.1 Å². The summed E-state index contributed by atoms with van der Waals surface area (Å²) in [6.07, 6.45) is 8.39. The van der Waals surface area contributed by atoms with Crippen molar-refractivity contribution in [2.45, 2.75) is 96.0 Å². The third-order valence-electron chi connectivity index (χ3n) is 11.2. The second kappa shape index (κ2) is 12.8. The summed E-state index contributed by atoms with van der Waals surface area (Å²) in [5, 5.41) is 22.1. The molecule has 12 heteroatoms. The number of aromatic amines is 1. The number of nitriles is 2. The number of H-pyrrole nitrogens is 1. The molecule has 2 aliphatic heterocycles. The van der Waals surface area contributed by atoms with Crippen LogP contribution in [0.5, 0.6) is 0 Å². The monoisotopic (exact) mass is 676 g/mol. The molecule has 6 heterocycles. The quantitative estimate of drug-likeness (QED) is 0.256. The zero-order chi connectivity index (χ0) is 35.4. The smallest absolute Gasteiger partial charge is 0.273 e. The van der Waals surface area contributed by atoms with Crippen molar-refractivity contribution in [3.63, 3.8) is 0 Å². The summed E-state index contributed by atoms with van der Waals surface area (Å²) in [6.45, 7) is 10.7. The molecule has 0 spiro atoms. The predicted molar refractivity (Wildman–Crippen MR) is 192 cm³/mol. The van der Waals surface area contributed by atoms with E-state index in [9.17, 15) is 20.1 Å². The number of pyridine rings is 4. The van der Waals surface area contributed by atoms with Crippen LogP contribution >= 0.6 is 0 Å². The lowest BCUT2D eigenvalue weighted by Gasteiger charge is -2.41. The fraction of sp³-hybridized carbons (Fsp3) is 0.526. The van der Waals surface area contributed by atoms with Crippen molar-refractivity contribution in [3.8, 4) is 12.1 Å². The number of rotatable bonds is 8. The molecule has 12 nitrogen and oxygen atoms in total. The first-order valence-corrected chi connectivity index (χ1v) is 17.6. The minimum Gasteiger partial charge on any atom is -0.378 e. The third-order valence-corrected chi connectivity index (χ3v) is 11.2. The Hall–Kier alpha value is -4.78. The molecule has 1 aliphatic carbocycles. The van der Waals surface area contributed by atoms with Crippen molar-refractivity contribution in [1.82, 2.24) is 19.5 Å². The number of ether oxygens (including phenoxy) is 2. The van der Waals surface area contributed by atoms with Crippen molar-refractivity contribution in [1.29, 1.82) is 10.5 Å². The number of nitrogens with one attached hydrogen (secondary N) is 1. The molecule has 50 heavy (non-hydrogen) atoms. The van der Waals surface area contributed by atoms with Gasteiger partial charge in [-0.2, -0.15) is 10.5 Å². The maximum Gasteiger partial charge on any atom is 0.273 e. The Labute approximate surface area is 291 Å². The number of fused-ring (bicyclic) bond motifs is 2. The lowest BCUT2D eigenvalue weighted by Crippen LogP contribution is -2.46. The summed E-state index contributed by atoms with van der Waals surface area (Å²) in [5.74, 6) is 0.586. The Kier molecular flexibility index (Phi) is 8.65. The number of hydrogen-bond acceptors (Lipinski definition) is 10. The zero-order valence-electron chi connectivity index (χ0n) is 29.5. The predicted octanol–water partition coefficient (Wildman–Crippen LogP) is 5.42. The van der Waals surface area contributed by atoms with Crippen molar-refractivity contribution < 1.29 is 9.47 Å². The summed E-state index contributed by atoms with van der Waals surface area (Å²) in [4.78, 5) is 43.4. The first kappa shape index (κ1) is 33.7. The van der Waals surface area contributed by atoms with Crippen LogP contribution < -0.4 is 20.9 Å². The van der Waals surface area contributed by atoms with Crippen LogP contribution in [0.2, 0.25) is 0 Å². The van der Waals surface area contributed by atoms with E-state index in [0.717, 1.165) is 47.8 Å². The highest BCUT2D eigenvalue weighted by Gasteiger charge is 2.36. The standard InChI is InChI=1S/C38H44N8O4/c1-23(2)29-16-25-31(20-41-29)43-35(47)27(18-39)33(25)44-14-10-38(4,11-15-44)50-22-46-32-21-42-30(24-6-7-24)17-26(32)34(28(19-40)36(46)48)45-12-8-37(3,49-5)9-13-45/h16-17,20-21,23-24H,6-15,22H2,1-5H3,(H,43,47). The molecule has 0 radical (unpaired) electrons. The first-order chi connectivity index (χ1) is 24.0. The molecule has 1 N–H and O–H groups in total. The van der Waals surface area contributed by atoms with Crippen LogP contribution in [-0.4, -0.2) is 64.0 Å². The summed E-state index contributed by atoms with van der Waals surface area (Å²) in [6, 6.07) is 8.43. The van der Waals surface area contributed by atoms with Gasteiger partial charge in [-0.1, -0.05) is 13.8 Å². The molecule has 4 aromatic rings. The number of aromatic nitrogens is 4. The molecule has 2 saturated heterocycles. The van der Waals surface area contributed by atoms with Crippen LogP contribution in [0.1, 0.15) is 101 Å². The van der Waals surface area contributed by atoms with Gasteiger partial charge in [0.1, 0.15) is 30.0 Å². The van der Waals surface area contributed by atoms with Crippen molar-refractivity contribution in [2.24, 2.45) is 0 Å². The number of piperidine rings is 2. The van der Waals surface area contributed by atoms with Crippen LogP contribution in [0.15, 0.2) is 34.1 Å². The molecular formula is C38H44N8O4. The highest BCUT2D eigenvalue weighted by Crippen LogP contribution is 2.42. The molecule has 0 aromatic carbocycles. The van der Waals surface area contributed by atoms with Crippen LogP contribution in [0.4, 0.5) is 11.4 Å². The maximum absolute atomic E-state index is 14.1. The van der Waals surface area contributed by atoms with E-state index in [-0.39, 0.29) is 34.9 Å². The summed E-state index contributed by atoms with van der Waals surface area (Å²) in [5.41, 5.74) is 2.98. The van der Waals surface area contributed by atoms with Gasteiger partial charge in [-0.25, -0.2) is 0 Å². The fourth-order valence-electron chi connectivity index (χ4n) is 7.43. The minimum atomic E-state index is -0.596. The van der Waals surface area contributed by atoms with E-state index < -0.39 is 11.2 Å². The van der Waals surface area contributed by atoms with Gasteiger partial charge in [-0.05, 0) is 70.4 Å². The van der Waals surface area contributed by atoms with Crippen LogP contribution in [0.3, 0.4) is 0 Å². The second-order valence-electron chi connectivity index (χ2n) is 14.9. The third kappa shape index (κ3) is 6.01. The average Bonchev–Trinajstić information content (AvgIpc) is 3.97. The van der Waals surface area contributed by atoms with Gasteiger partial charge in [0.05, 0.1) is 46.0 Å². The summed E-state index contributed by atoms with van der Waals surface area (Å²) < 4.78 is 13.9. The largest absolute Gasteiger partial charge is 0.378 e. The molecule has 0 bridgehead atoms. The molecule has 260 valence electrons. The van der Waals surface area contributed by atoms with Crippen molar-refractivity contribution in [3.05, 3.63) is 67.7 Å². The van der Waals surface area contributed by atoms with Gasteiger partial charge in [-0.15, -0.1) is 0 Å². The molecular weight excluding hydrogens is 632 g/mol. The molecule has 0 unspecified atom stereocenters. The molecule has 1 saturated carbocycles. The van der Waals surface area contributed by atoms with Gasteiger partial charge in [0.2, 0.25) is 0 Å². The van der Waals surface area contributed by atoms with E-state index >= 15 is 0 Å². The van der Waals surface area contributed by atoms with E-state index in [1.54, 1.807) is 24.1 Å².